The summed E-state index contributed by atoms with van der Waals surface area (Å²) >= 11 is 5.85. The third-order valence-electron chi connectivity index (χ3n) is 4.56. The second-order valence-corrected chi connectivity index (χ2v) is 6.51. The molecule has 26 heavy (non-hydrogen) atoms. The summed E-state index contributed by atoms with van der Waals surface area (Å²) in [6.07, 6.45) is 0. The molecule has 1 aliphatic heterocycles. The lowest BCUT2D eigenvalue weighted by atomic mass is 9.92. The highest BCUT2D eigenvalue weighted by molar-refractivity contribution is 6.30. The first-order valence-electron chi connectivity index (χ1n) is 7.82. The zero-order valence-electron chi connectivity index (χ0n) is 13.6. The Bertz CT molecular complexity index is 1030. The number of nitrogens with zero attached hydrogens (tertiary/aromatic N) is 4. The zero-order chi connectivity index (χ0) is 18.5. The molecule has 0 aliphatic carbocycles. The molecule has 9 heteroatoms. The van der Waals surface area contributed by atoms with Crippen LogP contribution in [-0.4, -0.2) is 26.4 Å². The number of ether oxygens (including phenoxy) is 1. The Labute approximate surface area is 151 Å². The van der Waals surface area contributed by atoms with Gasteiger partial charge in [-0.3, -0.25) is 0 Å². The molecule has 1 saturated heterocycles. The summed E-state index contributed by atoms with van der Waals surface area (Å²) in [5.41, 5.74) is -0.907. The average molecular weight is 379 g/mol. The van der Waals surface area contributed by atoms with Crippen LogP contribution in [-0.2, 0) is 10.3 Å². The van der Waals surface area contributed by atoms with Crippen molar-refractivity contribution in [2.75, 3.05) is 6.61 Å². The van der Waals surface area contributed by atoms with Crippen LogP contribution in [0, 0.1) is 11.6 Å². The lowest BCUT2D eigenvalue weighted by Crippen LogP contribution is -2.34. The second-order valence-electron chi connectivity index (χ2n) is 6.07. The fourth-order valence-corrected chi connectivity index (χ4v) is 3.10. The van der Waals surface area contributed by atoms with Gasteiger partial charge in [-0.1, -0.05) is 17.7 Å². The second kappa shape index (κ2) is 6.00. The lowest BCUT2D eigenvalue weighted by Gasteiger charge is -2.20. The molecule has 0 radical (unpaired) electrons. The molecule has 134 valence electrons. The van der Waals surface area contributed by atoms with E-state index in [1.165, 1.54) is 6.07 Å². The van der Waals surface area contributed by atoms with E-state index in [-0.39, 0.29) is 12.2 Å². The van der Waals surface area contributed by atoms with Crippen LogP contribution < -0.4 is 5.69 Å². The molecule has 3 aromatic rings. The molecule has 6 nitrogen and oxygen atoms in total. The highest BCUT2D eigenvalue weighted by atomic mass is 35.5. The Morgan fingerprint density at radius 3 is 2.50 bits per heavy atom. The van der Waals surface area contributed by atoms with Crippen LogP contribution in [0.5, 0.6) is 0 Å². The van der Waals surface area contributed by atoms with Gasteiger partial charge in [0.15, 0.2) is 0 Å². The fourth-order valence-electron chi connectivity index (χ4n) is 2.97. The van der Waals surface area contributed by atoms with E-state index < -0.39 is 29.0 Å². The van der Waals surface area contributed by atoms with Crippen molar-refractivity contribution in [1.82, 2.24) is 19.8 Å². The topological polar surface area (TPSA) is 65.2 Å². The van der Waals surface area contributed by atoms with Gasteiger partial charge in [-0.05, 0) is 47.7 Å². The van der Waals surface area contributed by atoms with Crippen molar-refractivity contribution in [2.24, 2.45) is 0 Å². The van der Waals surface area contributed by atoms with Crippen molar-refractivity contribution in [3.63, 3.8) is 0 Å². The minimum atomic E-state index is -1.08. The molecule has 0 bridgehead atoms. The third kappa shape index (κ3) is 2.62. The number of hydrogen-bond donors (Lipinski definition) is 0. The highest BCUT2D eigenvalue weighted by Gasteiger charge is 2.54. The Kier molecular flexibility index (Phi) is 3.89. The maximum atomic E-state index is 14.2. The molecule has 2 heterocycles. The van der Waals surface area contributed by atoms with E-state index in [1.807, 2.05) is 0 Å². The molecule has 1 fully saturated rings. The van der Waals surface area contributed by atoms with Crippen LogP contribution >= 0.6 is 11.6 Å². The zero-order valence-corrected chi connectivity index (χ0v) is 14.3. The number of tetrazole rings is 1. The van der Waals surface area contributed by atoms with Gasteiger partial charge in [-0.2, -0.15) is 9.36 Å². The summed E-state index contributed by atoms with van der Waals surface area (Å²) in [7, 11) is 0. The van der Waals surface area contributed by atoms with Crippen LogP contribution in [0.15, 0.2) is 47.3 Å². The molecule has 1 aliphatic rings. The summed E-state index contributed by atoms with van der Waals surface area (Å²) in [5.74, 6) is -1.41. The third-order valence-corrected chi connectivity index (χ3v) is 4.81. The minimum Gasteiger partial charge on any atom is -0.362 e. The molecule has 0 unspecified atom stereocenters. The highest BCUT2D eigenvalue weighted by Crippen LogP contribution is 2.48. The normalized spacial score (nSPS) is 20.2. The largest absolute Gasteiger partial charge is 0.368 e. The van der Waals surface area contributed by atoms with Crippen molar-refractivity contribution in [3.05, 3.63) is 75.2 Å². The van der Waals surface area contributed by atoms with Crippen molar-refractivity contribution >= 4 is 11.6 Å². The van der Waals surface area contributed by atoms with Gasteiger partial charge in [-0.15, -0.1) is 0 Å². The van der Waals surface area contributed by atoms with Gasteiger partial charge in [0, 0.05) is 16.7 Å². The molecule has 0 N–H and O–H groups in total. The van der Waals surface area contributed by atoms with Crippen LogP contribution in [0.4, 0.5) is 8.78 Å². The first-order valence-corrected chi connectivity index (χ1v) is 8.20. The van der Waals surface area contributed by atoms with Gasteiger partial charge >= 0.3 is 5.69 Å². The molecule has 1 aromatic heterocycles. The summed E-state index contributed by atoms with van der Waals surface area (Å²) in [4.78, 5) is 12.7. The fraction of sp³-hybridized carbons (Fsp3) is 0.235. The van der Waals surface area contributed by atoms with E-state index in [9.17, 15) is 13.6 Å². The van der Waals surface area contributed by atoms with Gasteiger partial charge in [0.25, 0.3) is 0 Å². The summed E-state index contributed by atoms with van der Waals surface area (Å²) < 4.78 is 35.1. The van der Waals surface area contributed by atoms with Crippen molar-refractivity contribution < 1.29 is 13.5 Å². The van der Waals surface area contributed by atoms with Crippen molar-refractivity contribution in [1.29, 1.82) is 0 Å². The molecular formula is C17H13ClF2N4O2. The molecule has 2 atom stereocenters. The Balaban J connectivity index is 1.72. The smallest absolute Gasteiger partial charge is 0.362 e. The number of hydrogen-bond acceptors (Lipinski definition) is 4. The predicted molar refractivity (Wildman–Crippen MR) is 89.3 cm³/mol. The number of aromatic nitrogens is 4. The van der Waals surface area contributed by atoms with Gasteiger partial charge in [0.2, 0.25) is 0 Å². The number of benzene rings is 2. The number of rotatable bonds is 4. The van der Waals surface area contributed by atoms with E-state index >= 15 is 0 Å². The maximum absolute atomic E-state index is 14.2. The average Bonchev–Trinajstić information content (AvgIpc) is 3.32. The summed E-state index contributed by atoms with van der Waals surface area (Å²) in [6, 6.07) is 9.16. The van der Waals surface area contributed by atoms with E-state index in [2.05, 4.69) is 10.4 Å². The molecular weight excluding hydrogens is 366 g/mol. The van der Waals surface area contributed by atoms with Gasteiger partial charge in [-0.25, -0.2) is 13.6 Å². The summed E-state index contributed by atoms with van der Waals surface area (Å²) in [6.45, 7) is 1.87. The Hall–Kier alpha value is -2.58. The van der Waals surface area contributed by atoms with Crippen LogP contribution in [0.3, 0.4) is 0 Å². The van der Waals surface area contributed by atoms with Gasteiger partial charge in [0.05, 0.1) is 18.3 Å². The standard InChI is InChI=1S/C17H13ClF2N4O2/c1-10(17(9-26-17)14-7-4-12(19)8-15(14)20)23-16(25)24(22-21-23)13-5-2-11(18)3-6-13/h2-8,10H,9H2,1H3/t10-,17+/m1/s1. The Morgan fingerprint density at radius 1 is 1.19 bits per heavy atom. The SMILES string of the molecule is C[C@@H](n1nnn(-c2ccc(Cl)cc2)c1=O)[C@]1(c2ccc(F)cc2F)CO1. The van der Waals surface area contributed by atoms with E-state index in [1.54, 1.807) is 31.2 Å². The van der Waals surface area contributed by atoms with E-state index in [4.69, 9.17) is 16.3 Å². The Morgan fingerprint density at radius 2 is 1.88 bits per heavy atom. The first-order chi connectivity index (χ1) is 12.4. The lowest BCUT2D eigenvalue weighted by molar-refractivity contribution is 0.209. The summed E-state index contributed by atoms with van der Waals surface area (Å²) in [5, 5.41) is 8.30. The molecule has 0 spiro atoms. The first kappa shape index (κ1) is 16.9. The predicted octanol–water partition coefficient (Wildman–Crippen LogP) is 2.85. The number of halogens is 3. The molecule has 4 rings (SSSR count). The molecule has 0 amide bonds. The van der Waals surface area contributed by atoms with Crippen LogP contribution in [0.2, 0.25) is 5.02 Å². The van der Waals surface area contributed by atoms with Crippen LogP contribution in [0.25, 0.3) is 5.69 Å². The van der Waals surface area contributed by atoms with Crippen molar-refractivity contribution in [2.45, 2.75) is 18.6 Å². The monoisotopic (exact) mass is 378 g/mol. The molecule has 2 aromatic carbocycles. The minimum absolute atomic E-state index is 0.180. The van der Waals surface area contributed by atoms with E-state index in [0.717, 1.165) is 21.5 Å². The molecule has 0 saturated carbocycles. The van der Waals surface area contributed by atoms with E-state index in [0.29, 0.717) is 10.7 Å². The maximum Gasteiger partial charge on any atom is 0.368 e. The van der Waals surface area contributed by atoms with Gasteiger partial charge < -0.3 is 4.74 Å². The van der Waals surface area contributed by atoms with Crippen molar-refractivity contribution in [3.8, 4) is 5.69 Å². The van der Waals surface area contributed by atoms with Crippen LogP contribution in [0.1, 0.15) is 18.5 Å². The number of epoxide rings is 1. The van der Waals surface area contributed by atoms with Gasteiger partial charge in [0.1, 0.15) is 17.2 Å². The quantitative estimate of drug-likeness (QED) is 0.655.